The van der Waals surface area contributed by atoms with Crippen LogP contribution in [0.4, 0.5) is 0 Å². The van der Waals surface area contributed by atoms with Gasteiger partial charge in [0, 0.05) is 6.20 Å². The quantitative estimate of drug-likeness (QED) is 0.734. The minimum absolute atomic E-state index is 0.398. The van der Waals surface area contributed by atoms with Crippen molar-refractivity contribution in [3.63, 3.8) is 0 Å². The van der Waals surface area contributed by atoms with Crippen molar-refractivity contribution in [1.82, 2.24) is 4.98 Å². The van der Waals surface area contributed by atoms with Crippen molar-refractivity contribution in [2.75, 3.05) is 0 Å². The summed E-state index contributed by atoms with van der Waals surface area (Å²) in [6, 6.07) is 8.94. The van der Waals surface area contributed by atoms with Crippen molar-refractivity contribution in [2.45, 2.75) is 38.9 Å². The Balaban J connectivity index is 2.99. The average Bonchev–Trinajstić information content (AvgIpc) is 2.36. The van der Waals surface area contributed by atoms with Gasteiger partial charge in [-0.05, 0) is 30.3 Å². The molecule has 4 heteroatoms. The molecule has 0 aromatic carbocycles. The van der Waals surface area contributed by atoms with E-state index in [1.165, 1.54) is 0 Å². The van der Waals surface area contributed by atoms with E-state index in [1.807, 2.05) is 12.1 Å². The average molecular weight is 234 g/mol. The minimum atomic E-state index is -1.70. The fraction of sp³-hybridized carbons (Fsp3) is 0.500. The molecule has 1 aromatic heterocycles. The van der Waals surface area contributed by atoms with Gasteiger partial charge in [0.1, 0.15) is 11.8 Å². The highest BCUT2D eigenvalue weighted by atomic mass is 28.4. The van der Waals surface area contributed by atoms with Crippen LogP contribution in [0.15, 0.2) is 18.3 Å². The van der Waals surface area contributed by atoms with Gasteiger partial charge in [0.25, 0.3) is 8.32 Å². The maximum Gasteiger partial charge on any atom is 0.250 e. The van der Waals surface area contributed by atoms with Crippen LogP contribution in [0.5, 0.6) is 5.75 Å². The molecule has 0 spiro atoms. The Hall–Kier alpha value is -1.34. The number of rotatable bonds is 5. The van der Waals surface area contributed by atoms with Crippen LogP contribution >= 0.6 is 0 Å². The second-order valence-corrected chi connectivity index (χ2v) is 8.50. The fourth-order valence-corrected chi connectivity index (χ4v) is 4.32. The second kappa shape index (κ2) is 5.66. The zero-order valence-corrected chi connectivity index (χ0v) is 11.2. The number of hydrogen-bond donors (Lipinski definition) is 0. The van der Waals surface area contributed by atoms with Crippen LogP contribution in [0.2, 0.25) is 18.1 Å². The zero-order chi connectivity index (χ0) is 12.0. The first kappa shape index (κ1) is 12.7. The molecule has 0 amide bonds. The second-order valence-electron chi connectivity index (χ2n) is 3.81. The molecule has 0 unspecified atom stereocenters. The first-order chi connectivity index (χ1) is 7.71. The molecule has 0 atom stereocenters. The lowest BCUT2D eigenvalue weighted by Gasteiger charge is -2.28. The van der Waals surface area contributed by atoms with Crippen molar-refractivity contribution in [3.8, 4) is 11.8 Å². The third-order valence-electron chi connectivity index (χ3n) is 3.14. The van der Waals surface area contributed by atoms with Gasteiger partial charge in [0.15, 0.2) is 5.69 Å². The zero-order valence-electron chi connectivity index (χ0n) is 10.2. The van der Waals surface area contributed by atoms with Crippen LogP contribution in [-0.4, -0.2) is 13.3 Å². The predicted octanol–water partition coefficient (Wildman–Crippen LogP) is 3.34. The fourth-order valence-electron chi connectivity index (χ4n) is 1.76. The summed E-state index contributed by atoms with van der Waals surface area (Å²) >= 11 is 0. The van der Waals surface area contributed by atoms with E-state index in [4.69, 9.17) is 9.69 Å². The molecular weight excluding hydrogens is 216 g/mol. The number of aromatic nitrogens is 1. The molecule has 0 radical (unpaired) electrons. The molecule has 0 saturated carbocycles. The van der Waals surface area contributed by atoms with E-state index in [-0.39, 0.29) is 0 Å². The molecule has 0 fully saturated rings. The number of hydrogen-bond acceptors (Lipinski definition) is 3. The van der Waals surface area contributed by atoms with E-state index in [0.29, 0.717) is 11.4 Å². The number of nitriles is 1. The highest BCUT2D eigenvalue weighted by Crippen LogP contribution is 2.26. The Morgan fingerprint density at radius 2 is 1.94 bits per heavy atom. The molecular formula is C12H18N2OSi. The molecule has 86 valence electrons. The summed E-state index contributed by atoms with van der Waals surface area (Å²) in [5.41, 5.74) is 0.398. The van der Waals surface area contributed by atoms with Crippen molar-refractivity contribution in [3.05, 3.63) is 24.0 Å². The van der Waals surface area contributed by atoms with E-state index in [0.717, 1.165) is 18.1 Å². The first-order valence-corrected chi connectivity index (χ1v) is 8.28. The molecule has 0 aliphatic heterocycles. The van der Waals surface area contributed by atoms with Gasteiger partial charge in [-0.25, -0.2) is 4.98 Å². The van der Waals surface area contributed by atoms with E-state index in [2.05, 4.69) is 31.8 Å². The van der Waals surface area contributed by atoms with Gasteiger partial charge in [-0.3, -0.25) is 0 Å². The monoisotopic (exact) mass is 234 g/mol. The van der Waals surface area contributed by atoms with E-state index in [9.17, 15) is 0 Å². The molecule has 3 nitrogen and oxygen atoms in total. The minimum Gasteiger partial charge on any atom is -0.542 e. The summed E-state index contributed by atoms with van der Waals surface area (Å²) in [6.07, 6.45) is 1.62. The van der Waals surface area contributed by atoms with Gasteiger partial charge in [-0.2, -0.15) is 5.26 Å². The van der Waals surface area contributed by atoms with Gasteiger partial charge in [-0.1, -0.05) is 20.8 Å². The summed E-state index contributed by atoms with van der Waals surface area (Å²) in [4.78, 5) is 4.02. The summed E-state index contributed by atoms with van der Waals surface area (Å²) in [5.74, 6) is 0.655. The summed E-state index contributed by atoms with van der Waals surface area (Å²) in [6.45, 7) is 6.50. The van der Waals surface area contributed by atoms with Crippen LogP contribution in [-0.2, 0) is 0 Å². The molecule has 0 bridgehead atoms. The lowest BCUT2D eigenvalue weighted by molar-refractivity contribution is 0.527. The van der Waals surface area contributed by atoms with E-state index >= 15 is 0 Å². The van der Waals surface area contributed by atoms with Crippen molar-refractivity contribution < 1.29 is 4.43 Å². The van der Waals surface area contributed by atoms with Crippen LogP contribution < -0.4 is 4.43 Å². The van der Waals surface area contributed by atoms with E-state index in [1.54, 1.807) is 6.20 Å². The van der Waals surface area contributed by atoms with Gasteiger partial charge in [-0.15, -0.1) is 0 Å². The van der Waals surface area contributed by atoms with E-state index < -0.39 is 8.32 Å². The van der Waals surface area contributed by atoms with Crippen molar-refractivity contribution in [1.29, 1.82) is 5.26 Å². The smallest absolute Gasteiger partial charge is 0.250 e. The molecule has 1 heterocycles. The predicted molar refractivity (Wildman–Crippen MR) is 66.8 cm³/mol. The molecule has 16 heavy (non-hydrogen) atoms. The summed E-state index contributed by atoms with van der Waals surface area (Å²) in [5, 5.41) is 8.96. The first-order valence-electron chi connectivity index (χ1n) is 5.75. The Kier molecular flexibility index (Phi) is 4.50. The van der Waals surface area contributed by atoms with Crippen LogP contribution in [0.1, 0.15) is 26.5 Å². The Morgan fingerprint density at radius 3 is 2.44 bits per heavy atom. The van der Waals surface area contributed by atoms with Crippen LogP contribution in [0, 0.1) is 11.3 Å². The van der Waals surface area contributed by atoms with Crippen LogP contribution in [0.25, 0.3) is 0 Å². The maximum absolute atomic E-state index is 8.96. The Labute approximate surface area is 98.2 Å². The third kappa shape index (κ3) is 2.61. The maximum atomic E-state index is 8.96. The molecule has 0 N–H and O–H groups in total. The number of nitrogens with zero attached hydrogens (tertiary/aromatic N) is 2. The Morgan fingerprint density at radius 1 is 1.31 bits per heavy atom. The Bertz CT molecular complexity index is 375. The molecule has 0 aliphatic rings. The topological polar surface area (TPSA) is 45.9 Å². The lowest BCUT2D eigenvalue weighted by atomic mass is 10.3. The lowest BCUT2D eigenvalue weighted by Crippen LogP contribution is -2.39. The highest BCUT2D eigenvalue weighted by molar-refractivity contribution is 6.74. The van der Waals surface area contributed by atoms with Gasteiger partial charge in [0.05, 0.1) is 0 Å². The molecule has 1 rings (SSSR count). The van der Waals surface area contributed by atoms with Gasteiger partial charge in [0.2, 0.25) is 0 Å². The SMILES string of the molecule is CC[Si](CC)(CC)Oc1cccnc1C#N. The van der Waals surface area contributed by atoms with Crippen LogP contribution in [0.3, 0.4) is 0 Å². The molecule has 0 saturated heterocycles. The largest absolute Gasteiger partial charge is 0.542 e. The number of pyridine rings is 1. The molecule has 0 aliphatic carbocycles. The van der Waals surface area contributed by atoms with Crippen molar-refractivity contribution >= 4 is 8.32 Å². The van der Waals surface area contributed by atoms with Crippen molar-refractivity contribution in [2.24, 2.45) is 0 Å². The highest BCUT2D eigenvalue weighted by Gasteiger charge is 2.31. The van der Waals surface area contributed by atoms with Gasteiger partial charge < -0.3 is 4.43 Å². The standard InChI is InChI=1S/C12H18N2OSi/c1-4-16(5-2,6-3)15-12-8-7-9-14-11(12)10-13/h7-9H,4-6H2,1-3H3. The van der Waals surface area contributed by atoms with Gasteiger partial charge >= 0.3 is 0 Å². The molecule has 1 aromatic rings. The third-order valence-corrected chi connectivity index (χ3v) is 7.66. The normalized spacial score (nSPS) is 10.9. The summed E-state index contributed by atoms with van der Waals surface area (Å²) < 4.78 is 6.13. The summed E-state index contributed by atoms with van der Waals surface area (Å²) in [7, 11) is -1.70.